The summed E-state index contributed by atoms with van der Waals surface area (Å²) in [5.74, 6) is 2.70. The van der Waals surface area contributed by atoms with Crippen molar-refractivity contribution in [2.45, 2.75) is 32.1 Å². The molecule has 22 heavy (non-hydrogen) atoms. The first-order chi connectivity index (χ1) is 10.7. The van der Waals surface area contributed by atoms with E-state index in [-0.39, 0.29) is 0 Å². The SMILES string of the molecule is COc1cc(Cc2nc(C3CCN(C)CC3)no2)ncc1C. The fraction of sp³-hybridized carbons (Fsp3) is 0.562. The van der Waals surface area contributed by atoms with Crippen molar-refractivity contribution in [3.63, 3.8) is 0 Å². The average molecular weight is 302 g/mol. The van der Waals surface area contributed by atoms with E-state index in [2.05, 4.69) is 27.1 Å². The second-order valence-electron chi connectivity index (χ2n) is 5.95. The van der Waals surface area contributed by atoms with Crippen LogP contribution >= 0.6 is 0 Å². The molecule has 0 spiro atoms. The highest BCUT2D eigenvalue weighted by atomic mass is 16.5. The summed E-state index contributed by atoms with van der Waals surface area (Å²) in [5, 5.41) is 4.16. The molecule has 1 aliphatic heterocycles. The van der Waals surface area contributed by atoms with Crippen molar-refractivity contribution >= 4 is 0 Å². The van der Waals surface area contributed by atoms with E-state index in [1.807, 2.05) is 19.2 Å². The van der Waals surface area contributed by atoms with Gasteiger partial charge in [-0.1, -0.05) is 5.16 Å². The number of ether oxygens (including phenoxy) is 1. The van der Waals surface area contributed by atoms with Crippen LogP contribution < -0.4 is 4.74 Å². The number of methoxy groups -OCH3 is 1. The van der Waals surface area contributed by atoms with E-state index < -0.39 is 0 Å². The highest BCUT2D eigenvalue weighted by Crippen LogP contribution is 2.25. The maximum atomic E-state index is 5.40. The van der Waals surface area contributed by atoms with Crippen LogP contribution in [0.3, 0.4) is 0 Å². The number of hydrogen-bond acceptors (Lipinski definition) is 6. The van der Waals surface area contributed by atoms with E-state index in [4.69, 9.17) is 9.26 Å². The second-order valence-corrected chi connectivity index (χ2v) is 5.95. The number of rotatable bonds is 4. The van der Waals surface area contributed by atoms with E-state index in [9.17, 15) is 0 Å². The summed E-state index contributed by atoms with van der Waals surface area (Å²) in [4.78, 5) is 11.3. The van der Waals surface area contributed by atoms with Crippen molar-refractivity contribution in [3.05, 3.63) is 35.2 Å². The van der Waals surface area contributed by atoms with Crippen LogP contribution in [0.1, 0.15) is 41.7 Å². The van der Waals surface area contributed by atoms with Crippen LogP contribution in [-0.2, 0) is 6.42 Å². The molecule has 118 valence electrons. The van der Waals surface area contributed by atoms with Crippen molar-refractivity contribution < 1.29 is 9.26 Å². The van der Waals surface area contributed by atoms with Gasteiger partial charge in [-0.2, -0.15) is 4.98 Å². The lowest BCUT2D eigenvalue weighted by Gasteiger charge is -2.26. The Bertz CT molecular complexity index is 633. The van der Waals surface area contributed by atoms with E-state index >= 15 is 0 Å². The van der Waals surface area contributed by atoms with Gasteiger partial charge in [0.2, 0.25) is 5.89 Å². The predicted octanol–water partition coefficient (Wildman–Crippen LogP) is 2.18. The van der Waals surface area contributed by atoms with Gasteiger partial charge in [0.05, 0.1) is 19.2 Å². The smallest absolute Gasteiger partial charge is 0.232 e. The Balaban J connectivity index is 1.69. The molecule has 0 radical (unpaired) electrons. The molecular formula is C16H22N4O2. The van der Waals surface area contributed by atoms with Crippen LogP contribution in [0.2, 0.25) is 0 Å². The first kappa shape index (κ1) is 15.0. The Hall–Kier alpha value is -1.95. The molecule has 2 aromatic rings. The summed E-state index contributed by atoms with van der Waals surface area (Å²) in [7, 11) is 3.81. The molecule has 0 N–H and O–H groups in total. The minimum Gasteiger partial charge on any atom is -0.496 e. The second kappa shape index (κ2) is 6.44. The summed E-state index contributed by atoms with van der Waals surface area (Å²) < 4.78 is 10.7. The van der Waals surface area contributed by atoms with Crippen LogP contribution in [-0.4, -0.2) is 47.3 Å². The normalized spacial score (nSPS) is 16.9. The minimum absolute atomic E-state index is 0.411. The van der Waals surface area contributed by atoms with E-state index in [0.717, 1.165) is 48.8 Å². The number of aromatic nitrogens is 3. The zero-order chi connectivity index (χ0) is 15.5. The van der Waals surface area contributed by atoms with Gasteiger partial charge in [-0.3, -0.25) is 4.98 Å². The predicted molar refractivity (Wildman–Crippen MR) is 82.1 cm³/mol. The zero-order valence-electron chi connectivity index (χ0n) is 13.4. The summed E-state index contributed by atoms with van der Waals surface area (Å²) in [6.45, 7) is 4.15. The molecule has 3 heterocycles. The zero-order valence-corrected chi connectivity index (χ0v) is 13.4. The van der Waals surface area contributed by atoms with Crippen LogP contribution in [0.15, 0.2) is 16.8 Å². The molecule has 1 saturated heterocycles. The Morgan fingerprint density at radius 2 is 2.14 bits per heavy atom. The third kappa shape index (κ3) is 3.27. The molecule has 0 unspecified atom stereocenters. The van der Waals surface area contributed by atoms with Gasteiger partial charge in [-0.25, -0.2) is 0 Å². The Labute approximate surface area is 130 Å². The maximum absolute atomic E-state index is 5.40. The molecule has 0 amide bonds. The van der Waals surface area contributed by atoms with Crippen LogP contribution in [0, 0.1) is 6.92 Å². The lowest BCUT2D eigenvalue weighted by molar-refractivity contribution is 0.248. The summed E-state index contributed by atoms with van der Waals surface area (Å²) >= 11 is 0. The van der Waals surface area contributed by atoms with E-state index in [0.29, 0.717) is 18.2 Å². The molecule has 0 atom stereocenters. The van der Waals surface area contributed by atoms with Gasteiger partial charge in [-0.15, -0.1) is 0 Å². The molecule has 1 aliphatic rings. The number of piperidine rings is 1. The summed E-state index contributed by atoms with van der Waals surface area (Å²) in [5.41, 5.74) is 1.89. The minimum atomic E-state index is 0.411. The largest absolute Gasteiger partial charge is 0.496 e. The topological polar surface area (TPSA) is 64.3 Å². The van der Waals surface area contributed by atoms with Gasteiger partial charge in [0.25, 0.3) is 0 Å². The molecule has 0 aliphatic carbocycles. The summed E-state index contributed by atoms with van der Waals surface area (Å²) in [6, 6.07) is 1.93. The molecule has 0 saturated carbocycles. The lowest BCUT2D eigenvalue weighted by atomic mass is 9.97. The molecule has 6 nitrogen and oxygen atoms in total. The highest BCUT2D eigenvalue weighted by Gasteiger charge is 2.23. The molecule has 2 aromatic heterocycles. The number of likely N-dealkylation sites (tertiary alicyclic amines) is 1. The van der Waals surface area contributed by atoms with Crippen LogP contribution in [0.25, 0.3) is 0 Å². The quantitative estimate of drug-likeness (QED) is 0.862. The molecule has 1 fully saturated rings. The van der Waals surface area contributed by atoms with Gasteiger partial charge in [0.1, 0.15) is 5.75 Å². The molecule has 3 rings (SSSR count). The average Bonchev–Trinajstić information content (AvgIpc) is 2.98. The molecule has 6 heteroatoms. The Morgan fingerprint density at radius 3 is 2.86 bits per heavy atom. The molecular weight excluding hydrogens is 280 g/mol. The van der Waals surface area contributed by atoms with Crippen molar-refractivity contribution in [1.29, 1.82) is 0 Å². The van der Waals surface area contributed by atoms with Crippen LogP contribution in [0.4, 0.5) is 0 Å². The fourth-order valence-electron chi connectivity index (χ4n) is 2.79. The lowest BCUT2D eigenvalue weighted by Crippen LogP contribution is -2.29. The van der Waals surface area contributed by atoms with E-state index in [1.54, 1.807) is 7.11 Å². The first-order valence-electron chi connectivity index (χ1n) is 7.66. The van der Waals surface area contributed by atoms with Crippen molar-refractivity contribution in [2.75, 3.05) is 27.2 Å². The number of aryl methyl sites for hydroxylation is 1. The third-order valence-corrected chi connectivity index (χ3v) is 4.23. The highest BCUT2D eigenvalue weighted by molar-refractivity contribution is 5.32. The number of nitrogens with zero attached hydrogens (tertiary/aromatic N) is 4. The Kier molecular flexibility index (Phi) is 4.38. The van der Waals surface area contributed by atoms with Crippen LogP contribution in [0.5, 0.6) is 5.75 Å². The molecule has 0 bridgehead atoms. The van der Waals surface area contributed by atoms with Gasteiger partial charge >= 0.3 is 0 Å². The monoisotopic (exact) mass is 302 g/mol. The van der Waals surface area contributed by atoms with Crippen molar-refractivity contribution in [2.24, 2.45) is 0 Å². The van der Waals surface area contributed by atoms with Gasteiger partial charge in [0.15, 0.2) is 5.82 Å². The number of hydrogen-bond donors (Lipinski definition) is 0. The van der Waals surface area contributed by atoms with Crippen molar-refractivity contribution in [3.8, 4) is 5.75 Å². The summed E-state index contributed by atoms with van der Waals surface area (Å²) in [6.07, 6.45) is 4.52. The van der Waals surface area contributed by atoms with Gasteiger partial charge < -0.3 is 14.2 Å². The van der Waals surface area contributed by atoms with Crippen molar-refractivity contribution in [1.82, 2.24) is 20.0 Å². The third-order valence-electron chi connectivity index (χ3n) is 4.23. The van der Waals surface area contributed by atoms with Gasteiger partial charge in [0, 0.05) is 23.7 Å². The standard InChI is InChI=1S/C16H22N4O2/c1-11-10-17-13(8-14(11)21-3)9-15-18-16(19-22-15)12-4-6-20(2)7-5-12/h8,10,12H,4-7,9H2,1-3H3. The Morgan fingerprint density at radius 1 is 1.36 bits per heavy atom. The molecule has 0 aromatic carbocycles. The van der Waals surface area contributed by atoms with E-state index in [1.165, 1.54) is 0 Å². The van der Waals surface area contributed by atoms with Gasteiger partial charge in [-0.05, 0) is 39.9 Å². The fourth-order valence-corrected chi connectivity index (χ4v) is 2.79. The maximum Gasteiger partial charge on any atom is 0.232 e. The first-order valence-corrected chi connectivity index (χ1v) is 7.66. The number of pyridine rings is 1.